The first kappa shape index (κ1) is 22.2. The van der Waals surface area contributed by atoms with Crippen LogP contribution in [0.3, 0.4) is 0 Å². The fraction of sp³-hybridized carbons (Fsp3) is 0.292. The maximum atomic E-state index is 14.3. The lowest BCUT2D eigenvalue weighted by molar-refractivity contribution is -0.121. The minimum Gasteiger partial charge on any atom is -0.355 e. The second kappa shape index (κ2) is 10.5. The molecule has 0 aliphatic rings. The first-order chi connectivity index (χ1) is 15.0. The van der Waals surface area contributed by atoms with Crippen LogP contribution in [0.2, 0.25) is 0 Å². The number of hydrogen-bond acceptors (Lipinski definition) is 3. The molecule has 0 saturated heterocycles. The summed E-state index contributed by atoms with van der Waals surface area (Å²) >= 11 is 0. The second-order valence-electron chi connectivity index (χ2n) is 7.58. The number of nitrogens with zero attached hydrogens (tertiary/aromatic N) is 2. The predicted molar refractivity (Wildman–Crippen MR) is 117 cm³/mol. The van der Waals surface area contributed by atoms with Crippen LogP contribution in [-0.4, -0.2) is 35.0 Å². The van der Waals surface area contributed by atoms with Crippen LogP contribution in [-0.2, 0) is 11.2 Å². The number of aromatic nitrogens is 2. The summed E-state index contributed by atoms with van der Waals surface area (Å²) in [5.41, 5.74) is 1.86. The number of amides is 2. The highest BCUT2D eigenvalue weighted by molar-refractivity contribution is 5.94. The Bertz CT molecular complexity index is 1010. The minimum absolute atomic E-state index is 0.00799. The first-order valence-corrected chi connectivity index (χ1v) is 10.3. The molecule has 162 valence electrons. The molecule has 3 rings (SSSR count). The summed E-state index contributed by atoms with van der Waals surface area (Å²) in [6.07, 6.45) is 6.03. The molecule has 0 aliphatic carbocycles. The van der Waals surface area contributed by atoms with Crippen molar-refractivity contribution in [3.63, 3.8) is 0 Å². The average molecular weight is 423 g/mol. The summed E-state index contributed by atoms with van der Waals surface area (Å²) in [4.78, 5) is 28.3. The fourth-order valence-corrected chi connectivity index (χ4v) is 3.53. The number of benzene rings is 2. The molecule has 2 amide bonds. The molecule has 1 aromatic heterocycles. The molecule has 31 heavy (non-hydrogen) atoms. The zero-order valence-electron chi connectivity index (χ0n) is 17.7. The van der Waals surface area contributed by atoms with E-state index in [1.54, 1.807) is 18.6 Å². The first-order valence-electron chi connectivity index (χ1n) is 10.3. The highest BCUT2D eigenvalue weighted by Crippen LogP contribution is 2.20. The van der Waals surface area contributed by atoms with Gasteiger partial charge in [0, 0.05) is 32.4 Å². The lowest BCUT2D eigenvalue weighted by Crippen LogP contribution is -2.32. The van der Waals surface area contributed by atoms with Crippen molar-refractivity contribution in [1.29, 1.82) is 0 Å². The molecular formula is C24H27FN4O2. The Morgan fingerprint density at radius 1 is 1.16 bits per heavy atom. The Morgan fingerprint density at radius 3 is 2.58 bits per heavy atom. The normalized spacial score (nSPS) is 12.7. The quantitative estimate of drug-likeness (QED) is 0.554. The fourth-order valence-electron chi connectivity index (χ4n) is 3.53. The van der Waals surface area contributed by atoms with E-state index in [9.17, 15) is 14.0 Å². The van der Waals surface area contributed by atoms with Crippen molar-refractivity contribution in [3.05, 3.63) is 89.8 Å². The minimum atomic E-state index is -0.568. The van der Waals surface area contributed by atoms with Crippen molar-refractivity contribution in [2.24, 2.45) is 0 Å². The summed E-state index contributed by atoms with van der Waals surface area (Å²) in [6, 6.07) is 14.4. The lowest BCUT2D eigenvalue weighted by atomic mass is 9.97. The molecule has 3 aromatic rings. The number of nitrogens with one attached hydrogen (secondary N) is 2. The third-order valence-electron chi connectivity index (χ3n) is 5.32. The SMILES string of the molecule is CNC(=O)c1ccc(C[C@@H](CNC(=O)C[C@H](C)c2ccccc2)n2ccnc2)cc1F. The Kier molecular flexibility index (Phi) is 7.54. The van der Waals surface area contributed by atoms with E-state index in [2.05, 4.69) is 15.6 Å². The molecule has 0 fully saturated rings. The van der Waals surface area contributed by atoms with Gasteiger partial charge in [-0.2, -0.15) is 0 Å². The van der Waals surface area contributed by atoms with Crippen molar-refractivity contribution in [3.8, 4) is 0 Å². The van der Waals surface area contributed by atoms with E-state index in [1.807, 2.05) is 48.0 Å². The van der Waals surface area contributed by atoms with Gasteiger partial charge >= 0.3 is 0 Å². The Hall–Kier alpha value is -3.48. The van der Waals surface area contributed by atoms with Crippen molar-refractivity contribution in [2.75, 3.05) is 13.6 Å². The molecule has 0 saturated carbocycles. The molecule has 0 bridgehead atoms. The van der Waals surface area contributed by atoms with Gasteiger partial charge in [0.15, 0.2) is 0 Å². The number of carbonyl (C=O) groups is 2. The molecule has 1 heterocycles. The van der Waals surface area contributed by atoms with Crippen molar-refractivity contribution in [2.45, 2.75) is 31.7 Å². The van der Waals surface area contributed by atoms with Gasteiger partial charge in [-0.25, -0.2) is 9.37 Å². The van der Waals surface area contributed by atoms with Gasteiger partial charge in [0.05, 0.1) is 17.9 Å². The van der Waals surface area contributed by atoms with E-state index < -0.39 is 11.7 Å². The predicted octanol–water partition coefficient (Wildman–Crippen LogP) is 3.48. The van der Waals surface area contributed by atoms with Crippen molar-refractivity contribution < 1.29 is 14.0 Å². The molecule has 2 N–H and O–H groups in total. The maximum absolute atomic E-state index is 14.3. The molecule has 0 unspecified atom stereocenters. The Labute approximate surface area is 181 Å². The van der Waals surface area contributed by atoms with Crippen LogP contribution in [0.15, 0.2) is 67.3 Å². The van der Waals surface area contributed by atoms with Crippen LogP contribution >= 0.6 is 0 Å². The summed E-state index contributed by atoms with van der Waals surface area (Å²) in [5, 5.41) is 5.43. The number of halogens is 1. The standard InChI is InChI=1S/C24H27FN4O2/c1-17(19-6-4-3-5-7-19)12-23(30)28-15-20(29-11-10-27-16-29)13-18-8-9-21(22(25)14-18)24(31)26-2/h3-11,14,16-17,20H,12-13,15H2,1-2H3,(H,26,31)(H,28,30)/t17-,20-/m0/s1. The average Bonchev–Trinajstić information content (AvgIpc) is 3.31. The van der Waals surface area contributed by atoms with Crippen LogP contribution in [0.5, 0.6) is 0 Å². The molecule has 6 nitrogen and oxygen atoms in total. The molecule has 0 aliphatic heterocycles. The summed E-state index contributed by atoms with van der Waals surface area (Å²) in [5.74, 6) is -0.959. The van der Waals surface area contributed by atoms with Crippen molar-refractivity contribution >= 4 is 11.8 Å². The number of rotatable bonds is 9. The summed E-state index contributed by atoms with van der Waals surface area (Å²) < 4.78 is 16.2. The smallest absolute Gasteiger partial charge is 0.253 e. The van der Waals surface area contributed by atoms with E-state index >= 15 is 0 Å². The topological polar surface area (TPSA) is 76.0 Å². The second-order valence-corrected chi connectivity index (χ2v) is 7.58. The molecule has 2 atom stereocenters. The zero-order chi connectivity index (χ0) is 22.2. The summed E-state index contributed by atoms with van der Waals surface area (Å²) in [7, 11) is 1.46. The summed E-state index contributed by atoms with van der Waals surface area (Å²) in [6.45, 7) is 2.41. The van der Waals surface area contributed by atoms with Gasteiger partial charge in [-0.3, -0.25) is 9.59 Å². The molecule has 0 spiro atoms. The largest absolute Gasteiger partial charge is 0.355 e. The van der Waals surface area contributed by atoms with Gasteiger partial charge < -0.3 is 15.2 Å². The maximum Gasteiger partial charge on any atom is 0.253 e. The molecular weight excluding hydrogens is 395 g/mol. The number of hydrogen-bond donors (Lipinski definition) is 2. The van der Waals surface area contributed by atoms with Gasteiger partial charge in [-0.15, -0.1) is 0 Å². The Morgan fingerprint density at radius 2 is 1.94 bits per heavy atom. The monoisotopic (exact) mass is 422 g/mol. The van der Waals surface area contributed by atoms with Crippen LogP contribution in [0.25, 0.3) is 0 Å². The molecule has 2 aromatic carbocycles. The van der Waals surface area contributed by atoms with E-state index in [-0.39, 0.29) is 23.4 Å². The van der Waals surface area contributed by atoms with E-state index in [1.165, 1.54) is 19.2 Å². The van der Waals surface area contributed by atoms with Crippen LogP contribution in [0, 0.1) is 5.82 Å². The van der Waals surface area contributed by atoms with Gasteiger partial charge in [0.25, 0.3) is 5.91 Å². The highest BCUT2D eigenvalue weighted by atomic mass is 19.1. The van der Waals surface area contributed by atoms with Gasteiger partial charge in [-0.05, 0) is 35.6 Å². The zero-order valence-corrected chi connectivity index (χ0v) is 17.7. The highest BCUT2D eigenvalue weighted by Gasteiger charge is 2.17. The van der Waals surface area contributed by atoms with E-state index in [0.29, 0.717) is 19.4 Å². The van der Waals surface area contributed by atoms with Crippen LogP contribution in [0.1, 0.15) is 46.8 Å². The van der Waals surface area contributed by atoms with Crippen LogP contribution < -0.4 is 10.6 Å². The van der Waals surface area contributed by atoms with Gasteiger partial charge in [0.1, 0.15) is 5.82 Å². The Balaban J connectivity index is 1.65. The molecule has 7 heteroatoms. The third-order valence-corrected chi connectivity index (χ3v) is 5.32. The number of imidazole rings is 1. The third kappa shape index (κ3) is 6.01. The van der Waals surface area contributed by atoms with E-state index in [0.717, 1.165) is 11.1 Å². The van der Waals surface area contributed by atoms with Gasteiger partial charge in [0.2, 0.25) is 5.91 Å². The van der Waals surface area contributed by atoms with Crippen LogP contribution in [0.4, 0.5) is 4.39 Å². The lowest BCUT2D eigenvalue weighted by Gasteiger charge is -2.20. The number of carbonyl (C=O) groups excluding carboxylic acids is 2. The van der Waals surface area contributed by atoms with Gasteiger partial charge in [-0.1, -0.05) is 43.3 Å². The van der Waals surface area contributed by atoms with E-state index in [4.69, 9.17) is 0 Å². The molecule has 0 radical (unpaired) electrons. The van der Waals surface area contributed by atoms with Crippen molar-refractivity contribution in [1.82, 2.24) is 20.2 Å².